The highest BCUT2D eigenvalue weighted by molar-refractivity contribution is 5.52. The Bertz CT molecular complexity index is 746. The summed E-state index contributed by atoms with van der Waals surface area (Å²) in [4.78, 5) is 11.9. The summed E-state index contributed by atoms with van der Waals surface area (Å²) in [6.45, 7) is 1.13. The van der Waals surface area contributed by atoms with Gasteiger partial charge < -0.3 is 9.64 Å². The first-order chi connectivity index (χ1) is 11.5. The first kappa shape index (κ1) is 16.2. The van der Waals surface area contributed by atoms with Gasteiger partial charge in [0.2, 0.25) is 0 Å². The molecule has 0 saturated carbocycles. The van der Waals surface area contributed by atoms with Crippen molar-refractivity contribution in [3.05, 3.63) is 64.2 Å². The van der Waals surface area contributed by atoms with Crippen LogP contribution in [-0.2, 0) is 0 Å². The maximum atomic E-state index is 14.1. The van der Waals surface area contributed by atoms with Crippen LogP contribution in [0.2, 0.25) is 0 Å². The van der Waals surface area contributed by atoms with Gasteiger partial charge in [-0.25, -0.2) is 8.78 Å². The summed E-state index contributed by atoms with van der Waals surface area (Å²) in [5.74, 6) is -0.471. The van der Waals surface area contributed by atoms with Gasteiger partial charge in [0.25, 0.3) is 5.69 Å². The zero-order valence-corrected chi connectivity index (χ0v) is 12.8. The molecule has 2 aromatic rings. The van der Waals surface area contributed by atoms with E-state index in [1.54, 1.807) is 12.1 Å². The lowest BCUT2D eigenvalue weighted by molar-refractivity contribution is -0.385. The molecule has 0 radical (unpaired) electrons. The van der Waals surface area contributed by atoms with E-state index in [1.165, 1.54) is 24.3 Å². The summed E-state index contributed by atoms with van der Waals surface area (Å²) in [5.41, 5.74) is 0.0883. The fraction of sp³-hybridized carbons (Fsp3) is 0.294. The Hall–Kier alpha value is -2.70. The van der Waals surface area contributed by atoms with E-state index in [4.69, 9.17) is 4.74 Å². The second-order valence-electron chi connectivity index (χ2n) is 5.65. The largest absolute Gasteiger partial charge is 0.490 e. The van der Waals surface area contributed by atoms with Crippen LogP contribution in [0.15, 0.2) is 42.5 Å². The fourth-order valence-electron chi connectivity index (χ4n) is 2.81. The minimum atomic E-state index is -0.619. The van der Waals surface area contributed by atoms with Gasteiger partial charge in [0.05, 0.1) is 16.7 Å². The highest BCUT2D eigenvalue weighted by Crippen LogP contribution is 2.28. The average molecular weight is 334 g/mol. The molecule has 1 saturated heterocycles. The van der Waals surface area contributed by atoms with Gasteiger partial charge in [-0.15, -0.1) is 0 Å². The summed E-state index contributed by atoms with van der Waals surface area (Å²) in [5, 5.41) is 10.7. The van der Waals surface area contributed by atoms with Crippen LogP contribution in [0.5, 0.6) is 5.75 Å². The van der Waals surface area contributed by atoms with E-state index in [9.17, 15) is 18.9 Å². The lowest BCUT2D eigenvalue weighted by atomic mass is 10.1. The highest BCUT2D eigenvalue weighted by atomic mass is 19.1. The van der Waals surface area contributed by atoms with Crippen molar-refractivity contribution < 1.29 is 18.4 Å². The van der Waals surface area contributed by atoms with E-state index >= 15 is 0 Å². The quantitative estimate of drug-likeness (QED) is 0.628. The molecule has 1 fully saturated rings. The predicted octanol–water partition coefficient (Wildman–Crippen LogP) is 3.92. The van der Waals surface area contributed by atoms with E-state index in [0.29, 0.717) is 37.4 Å². The van der Waals surface area contributed by atoms with Gasteiger partial charge in [0.1, 0.15) is 17.7 Å². The summed E-state index contributed by atoms with van der Waals surface area (Å²) in [6, 6.07) is 9.65. The standard InChI is InChI=1S/C17H16F2N2O3/c18-12-2-1-3-15(10-12)24-14-6-8-20(9-7-14)17-5-4-13(21(22)23)11-16(17)19/h1-5,10-11,14H,6-9H2. The van der Waals surface area contributed by atoms with Crippen LogP contribution in [0.3, 0.4) is 0 Å². The zero-order chi connectivity index (χ0) is 17.1. The van der Waals surface area contributed by atoms with Crippen LogP contribution < -0.4 is 9.64 Å². The number of anilines is 1. The lowest BCUT2D eigenvalue weighted by Crippen LogP contribution is -2.38. The predicted molar refractivity (Wildman–Crippen MR) is 85.3 cm³/mol. The first-order valence-corrected chi connectivity index (χ1v) is 7.64. The molecule has 1 aliphatic rings. The molecule has 0 aromatic heterocycles. The second-order valence-corrected chi connectivity index (χ2v) is 5.65. The maximum absolute atomic E-state index is 14.1. The van der Waals surface area contributed by atoms with E-state index in [0.717, 1.165) is 6.07 Å². The molecule has 126 valence electrons. The third-order valence-electron chi connectivity index (χ3n) is 4.02. The van der Waals surface area contributed by atoms with Crippen LogP contribution in [0.4, 0.5) is 20.2 Å². The summed E-state index contributed by atoms with van der Waals surface area (Å²) in [6.07, 6.45) is 1.25. The molecule has 0 amide bonds. The van der Waals surface area contributed by atoms with E-state index < -0.39 is 10.7 Å². The minimum Gasteiger partial charge on any atom is -0.490 e. The van der Waals surface area contributed by atoms with Crippen molar-refractivity contribution >= 4 is 11.4 Å². The third kappa shape index (κ3) is 3.61. The number of nitrogens with zero attached hydrogens (tertiary/aromatic N) is 2. The van der Waals surface area contributed by atoms with Gasteiger partial charge in [-0.1, -0.05) is 6.07 Å². The Morgan fingerprint density at radius 2 is 1.88 bits per heavy atom. The van der Waals surface area contributed by atoms with E-state index in [-0.39, 0.29) is 17.6 Å². The Morgan fingerprint density at radius 1 is 1.12 bits per heavy atom. The molecule has 0 unspecified atom stereocenters. The number of halogens is 2. The number of rotatable bonds is 4. The number of hydrogen-bond donors (Lipinski definition) is 0. The van der Waals surface area contributed by atoms with Crippen molar-refractivity contribution in [3.63, 3.8) is 0 Å². The van der Waals surface area contributed by atoms with Crippen molar-refractivity contribution in [2.45, 2.75) is 18.9 Å². The zero-order valence-electron chi connectivity index (χ0n) is 12.8. The molecule has 5 nitrogen and oxygen atoms in total. The van der Waals surface area contributed by atoms with E-state index in [1.807, 2.05) is 4.90 Å². The minimum absolute atomic E-state index is 0.0656. The molecule has 1 heterocycles. The molecule has 0 aliphatic carbocycles. The molecule has 0 spiro atoms. The topological polar surface area (TPSA) is 55.6 Å². The van der Waals surface area contributed by atoms with Crippen LogP contribution in [-0.4, -0.2) is 24.1 Å². The molecule has 24 heavy (non-hydrogen) atoms. The number of piperidine rings is 1. The van der Waals surface area contributed by atoms with Gasteiger partial charge in [0.15, 0.2) is 5.82 Å². The fourth-order valence-corrected chi connectivity index (χ4v) is 2.81. The normalized spacial score (nSPS) is 15.3. The molecule has 0 N–H and O–H groups in total. The van der Waals surface area contributed by atoms with E-state index in [2.05, 4.69) is 0 Å². The third-order valence-corrected chi connectivity index (χ3v) is 4.02. The molecule has 2 aromatic carbocycles. The number of non-ortho nitro benzene ring substituents is 1. The van der Waals surface area contributed by atoms with Crippen molar-refractivity contribution in [1.29, 1.82) is 0 Å². The van der Waals surface area contributed by atoms with Gasteiger partial charge in [-0.2, -0.15) is 0 Å². The van der Waals surface area contributed by atoms with Crippen LogP contribution >= 0.6 is 0 Å². The smallest absolute Gasteiger partial charge is 0.272 e. The molecule has 3 rings (SSSR count). The van der Waals surface area contributed by atoms with Crippen LogP contribution in [0, 0.1) is 21.7 Å². The van der Waals surface area contributed by atoms with Gasteiger partial charge in [-0.05, 0) is 18.2 Å². The highest BCUT2D eigenvalue weighted by Gasteiger charge is 2.23. The Morgan fingerprint density at radius 3 is 2.50 bits per heavy atom. The average Bonchev–Trinajstić information content (AvgIpc) is 2.55. The number of hydrogen-bond acceptors (Lipinski definition) is 4. The monoisotopic (exact) mass is 334 g/mol. The molecule has 0 atom stereocenters. The van der Waals surface area contributed by atoms with Crippen molar-refractivity contribution in [2.24, 2.45) is 0 Å². The lowest BCUT2D eigenvalue weighted by Gasteiger charge is -2.33. The van der Waals surface area contributed by atoms with Crippen LogP contribution in [0.1, 0.15) is 12.8 Å². The van der Waals surface area contributed by atoms with Crippen molar-refractivity contribution in [1.82, 2.24) is 0 Å². The van der Waals surface area contributed by atoms with Crippen LogP contribution in [0.25, 0.3) is 0 Å². The Kier molecular flexibility index (Phi) is 4.59. The SMILES string of the molecule is O=[N+]([O-])c1ccc(N2CCC(Oc3cccc(F)c3)CC2)c(F)c1. The van der Waals surface area contributed by atoms with Gasteiger partial charge >= 0.3 is 0 Å². The molecule has 7 heteroatoms. The number of ether oxygens (including phenoxy) is 1. The molecule has 1 aliphatic heterocycles. The number of nitro benzene ring substituents is 1. The molecule has 0 bridgehead atoms. The Labute approximate surface area is 137 Å². The van der Waals surface area contributed by atoms with Gasteiger partial charge in [-0.3, -0.25) is 10.1 Å². The second kappa shape index (κ2) is 6.82. The Balaban J connectivity index is 1.62. The van der Waals surface area contributed by atoms with Crippen molar-refractivity contribution in [2.75, 3.05) is 18.0 Å². The number of nitro groups is 1. The molecular formula is C17H16F2N2O3. The van der Waals surface area contributed by atoms with Gasteiger partial charge in [0, 0.05) is 38.1 Å². The summed E-state index contributed by atoms with van der Waals surface area (Å²) >= 11 is 0. The molecular weight excluding hydrogens is 318 g/mol. The summed E-state index contributed by atoms with van der Waals surface area (Å²) in [7, 11) is 0. The summed E-state index contributed by atoms with van der Waals surface area (Å²) < 4.78 is 33.0. The number of benzene rings is 2. The first-order valence-electron chi connectivity index (χ1n) is 7.64. The maximum Gasteiger partial charge on any atom is 0.272 e. The van der Waals surface area contributed by atoms with Crippen molar-refractivity contribution in [3.8, 4) is 5.75 Å².